The molecule has 9 rings (SSSR count). The fourth-order valence-electron chi connectivity index (χ4n) is 7.56. The molecule has 0 atom stereocenters. The van der Waals surface area contributed by atoms with Crippen molar-refractivity contribution in [3.63, 3.8) is 0 Å². The predicted octanol–water partition coefficient (Wildman–Crippen LogP) is 11.7. The Bertz CT molecular complexity index is 2470. The van der Waals surface area contributed by atoms with Crippen LogP contribution in [0.25, 0.3) is 78.4 Å². The molecule has 0 amide bonds. The maximum absolute atomic E-state index is 6.33. The van der Waals surface area contributed by atoms with Crippen molar-refractivity contribution in [2.45, 2.75) is 38.5 Å². The zero-order valence-electron chi connectivity index (χ0n) is 28.0. The lowest BCUT2D eigenvalue weighted by molar-refractivity contribution is 0.301. The first-order valence-corrected chi connectivity index (χ1v) is 16.9. The van der Waals surface area contributed by atoms with Crippen LogP contribution in [0.4, 0.5) is 0 Å². The smallest absolute Gasteiger partial charge is 0.164 e. The molecule has 0 radical (unpaired) electrons. The molecular weight excluding hydrogens is 599 g/mol. The maximum atomic E-state index is 6.33. The lowest BCUT2D eigenvalue weighted by Gasteiger charge is -2.48. The van der Waals surface area contributed by atoms with Gasteiger partial charge in [-0.2, -0.15) is 0 Å². The van der Waals surface area contributed by atoms with Gasteiger partial charge in [0.15, 0.2) is 17.5 Å². The molecule has 8 aromatic rings. The number of furan rings is 1. The van der Waals surface area contributed by atoms with Gasteiger partial charge in [-0.1, -0.05) is 149 Å². The lowest BCUT2D eigenvalue weighted by Crippen LogP contribution is -2.43. The topological polar surface area (TPSA) is 51.8 Å². The monoisotopic (exact) mass is 633 g/mol. The van der Waals surface area contributed by atoms with Gasteiger partial charge in [0.05, 0.1) is 0 Å². The van der Waals surface area contributed by atoms with Crippen molar-refractivity contribution in [1.82, 2.24) is 15.0 Å². The molecule has 1 aliphatic carbocycles. The van der Waals surface area contributed by atoms with E-state index in [0.717, 1.165) is 33.4 Å². The summed E-state index contributed by atoms with van der Waals surface area (Å²) in [4.78, 5) is 14.7. The second kappa shape index (κ2) is 10.8. The number of nitrogens with zero attached hydrogens (tertiary/aromatic N) is 3. The summed E-state index contributed by atoms with van der Waals surface area (Å²) in [6, 6.07) is 48.6. The molecule has 0 unspecified atom stereocenters. The molecule has 0 bridgehead atoms. The van der Waals surface area contributed by atoms with Gasteiger partial charge < -0.3 is 4.42 Å². The molecule has 2 aromatic heterocycles. The van der Waals surface area contributed by atoms with E-state index in [9.17, 15) is 0 Å². The van der Waals surface area contributed by atoms with Crippen molar-refractivity contribution >= 4 is 21.9 Å². The Morgan fingerprint density at radius 3 is 1.57 bits per heavy atom. The van der Waals surface area contributed by atoms with Gasteiger partial charge in [0.25, 0.3) is 0 Å². The van der Waals surface area contributed by atoms with E-state index in [1.165, 1.54) is 38.6 Å². The van der Waals surface area contributed by atoms with Gasteiger partial charge in [0, 0.05) is 32.9 Å². The summed E-state index contributed by atoms with van der Waals surface area (Å²) in [5.74, 6) is 1.98. The molecule has 6 aromatic carbocycles. The first-order valence-electron chi connectivity index (χ1n) is 16.9. The Labute approximate surface area is 286 Å². The standard InChI is InChI=1S/C45H35N3O/c1-44(2)36-27-32(23-24-33(36)34-25-26-38-39(40(34)45(44,3)4)35-17-11-12-18-37(35)49-38)28-19-21-31(22-20-28)43-47-41(29-13-7-5-8-14-29)46-42(48-43)30-15-9-6-10-16-30/h5-27H,1-4H3. The van der Waals surface area contributed by atoms with Gasteiger partial charge in [-0.3, -0.25) is 0 Å². The maximum Gasteiger partial charge on any atom is 0.164 e. The van der Waals surface area contributed by atoms with Crippen LogP contribution in [0.3, 0.4) is 0 Å². The van der Waals surface area contributed by atoms with Gasteiger partial charge in [-0.25, -0.2) is 15.0 Å². The van der Waals surface area contributed by atoms with Crippen LogP contribution >= 0.6 is 0 Å². The lowest BCUT2D eigenvalue weighted by atomic mass is 9.54. The fraction of sp³-hybridized carbons (Fsp3) is 0.133. The molecule has 0 aliphatic heterocycles. The number of rotatable bonds is 4. The van der Waals surface area contributed by atoms with E-state index in [-0.39, 0.29) is 10.8 Å². The molecule has 0 N–H and O–H groups in total. The van der Waals surface area contributed by atoms with Crippen LogP contribution in [0.2, 0.25) is 0 Å². The summed E-state index contributed by atoms with van der Waals surface area (Å²) >= 11 is 0. The van der Waals surface area contributed by atoms with Crippen molar-refractivity contribution in [3.8, 4) is 56.4 Å². The summed E-state index contributed by atoms with van der Waals surface area (Å²) in [7, 11) is 0. The highest BCUT2D eigenvalue weighted by molar-refractivity contribution is 6.10. The average Bonchev–Trinajstić information content (AvgIpc) is 3.53. The van der Waals surface area contributed by atoms with E-state index in [0.29, 0.717) is 17.5 Å². The molecule has 0 spiro atoms. The van der Waals surface area contributed by atoms with Crippen LogP contribution in [-0.4, -0.2) is 15.0 Å². The molecule has 4 nitrogen and oxygen atoms in total. The highest BCUT2D eigenvalue weighted by atomic mass is 16.3. The van der Waals surface area contributed by atoms with Crippen LogP contribution in [0.5, 0.6) is 0 Å². The Hall–Kier alpha value is -5.87. The first-order chi connectivity index (χ1) is 23.8. The summed E-state index contributed by atoms with van der Waals surface area (Å²) in [5.41, 5.74) is 12.1. The molecule has 0 fully saturated rings. The zero-order valence-corrected chi connectivity index (χ0v) is 28.0. The molecule has 49 heavy (non-hydrogen) atoms. The summed E-state index contributed by atoms with van der Waals surface area (Å²) < 4.78 is 6.33. The minimum atomic E-state index is -0.157. The Kier molecular flexibility index (Phi) is 6.47. The normalized spacial score (nSPS) is 14.4. The molecule has 236 valence electrons. The Balaban J connectivity index is 1.14. The van der Waals surface area contributed by atoms with Gasteiger partial charge in [0.1, 0.15) is 11.2 Å². The van der Waals surface area contributed by atoms with Crippen LogP contribution in [0.15, 0.2) is 144 Å². The fourth-order valence-corrected chi connectivity index (χ4v) is 7.56. The van der Waals surface area contributed by atoms with E-state index in [1.807, 2.05) is 66.7 Å². The van der Waals surface area contributed by atoms with E-state index in [2.05, 4.69) is 100 Å². The quantitative estimate of drug-likeness (QED) is 0.193. The molecule has 1 aliphatic rings. The van der Waals surface area contributed by atoms with E-state index < -0.39 is 0 Å². The van der Waals surface area contributed by atoms with Crippen LogP contribution in [0.1, 0.15) is 38.8 Å². The molecule has 0 saturated heterocycles. The van der Waals surface area contributed by atoms with Crippen LogP contribution in [-0.2, 0) is 10.8 Å². The van der Waals surface area contributed by atoms with Crippen molar-refractivity contribution in [3.05, 3.63) is 151 Å². The van der Waals surface area contributed by atoms with Crippen molar-refractivity contribution in [2.24, 2.45) is 0 Å². The molecule has 0 saturated carbocycles. The van der Waals surface area contributed by atoms with Crippen LogP contribution < -0.4 is 0 Å². The zero-order chi connectivity index (χ0) is 33.3. The number of aromatic nitrogens is 3. The number of para-hydroxylation sites is 1. The largest absolute Gasteiger partial charge is 0.456 e. The highest BCUT2D eigenvalue weighted by Crippen LogP contribution is 2.57. The third kappa shape index (κ3) is 4.55. The SMILES string of the molecule is CC1(C)c2cc(-c3ccc(-c4nc(-c5ccccc5)nc(-c5ccccc5)n4)cc3)ccc2-c2ccc3oc4ccccc4c3c2C1(C)C. The van der Waals surface area contributed by atoms with E-state index in [1.54, 1.807) is 0 Å². The average molecular weight is 634 g/mol. The second-order valence-electron chi connectivity index (χ2n) is 14.1. The number of hydrogen-bond acceptors (Lipinski definition) is 4. The number of benzene rings is 6. The van der Waals surface area contributed by atoms with Gasteiger partial charge in [-0.05, 0) is 57.0 Å². The van der Waals surface area contributed by atoms with Gasteiger partial charge in [-0.15, -0.1) is 0 Å². The predicted molar refractivity (Wildman–Crippen MR) is 200 cm³/mol. The molecular formula is C45H35N3O. The number of fused-ring (bicyclic) bond motifs is 7. The van der Waals surface area contributed by atoms with Gasteiger partial charge in [0.2, 0.25) is 0 Å². The van der Waals surface area contributed by atoms with Crippen molar-refractivity contribution in [2.75, 3.05) is 0 Å². The van der Waals surface area contributed by atoms with Crippen LogP contribution in [0, 0.1) is 0 Å². The summed E-state index contributed by atoms with van der Waals surface area (Å²) in [6.45, 7) is 9.55. The Morgan fingerprint density at radius 1 is 0.429 bits per heavy atom. The van der Waals surface area contributed by atoms with Crippen molar-refractivity contribution < 1.29 is 4.42 Å². The highest BCUT2D eigenvalue weighted by Gasteiger charge is 2.47. The number of hydrogen-bond donors (Lipinski definition) is 0. The van der Waals surface area contributed by atoms with Crippen molar-refractivity contribution in [1.29, 1.82) is 0 Å². The first kappa shape index (κ1) is 29.3. The third-order valence-corrected chi connectivity index (χ3v) is 10.9. The third-order valence-electron chi connectivity index (χ3n) is 10.9. The molecule has 4 heteroatoms. The van der Waals surface area contributed by atoms with E-state index in [4.69, 9.17) is 19.4 Å². The Morgan fingerprint density at radius 2 is 0.939 bits per heavy atom. The van der Waals surface area contributed by atoms with E-state index >= 15 is 0 Å². The van der Waals surface area contributed by atoms with Gasteiger partial charge >= 0.3 is 0 Å². The minimum Gasteiger partial charge on any atom is -0.456 e. The summed E-state index contributed by atoms with van der Waals surface area (Å²) in [5, 5.41) is 2.42. The molecule has 2 heterocycles. The second-order valence-corrected chi connectivity index (χ2v) is 14.1. The summed E-state index contributed by atoms with van der Waals surface area (Å²) in [6.07, 6.45) is 0. The minimum absolute atomic E-state index is 0.148.